The van der Waals surface area contributed by atoms with Gasteiger partial charge >= 0.3 is 0 Å². The van der Waals surface area contributed by atoms with Gasteiger partial charge in [-0.2, -0.15) is 0 Å². The molecule has 4 aromatic rings. The highest BCUT2D eigenvalue weighted by molar-refractivity contribution is 7.14. The van der Waals surface area contributed by atoms with E-state index in [1.807, 2.05) is 29.6 Å². The summed E-state index contributed by atoms with van der Waals surface area (Å²) >= 11 is 7.50. The van der Waals surface area contributed by atoms with Gasteiger partial charge in [0.25, 0.3) is 0 Å². The van der Waals surface area contributed by atoms with E-state index in [4.69, 9.17) is 11.6 Å². The van der Waals surface area contributed by atoms with E-state index in [2.05, 4.69) is 58.8 Å². The first kappa shape index (κ1) is 20.1. The molecule has 0 radical (unpaired) electrons. The zero-order chi connectivity index (χ0) is 20.8. The minimum absolute atomic E-state index is 0.242. The minimum atomic E-state index is -0.242. The first-order valence-electron chi connectivity index (χ1n) is 9.50. The molecule has 0 fully saturated rings. The molecule has 5 heteroatoms. The molecular weight excluding hydrogens is 412 g/mol. The van der Waals surface area contributed by atoms with Crippen molar-refractivity contribution in [2.75, 3.05) is 5.32 Å². The van der Waals surface area contributed by atoms with Gasteiger partial charge in [-0.05, 0) is 35.3 Å². The molecule has 0 atom stereocenters. The van der Waals surface area contributed by atoms with Crippen LogP contribution in [0.3, 0.4) is 0 Å². The quantitative estimate of drug-likeness (QED) is 0.345. The van der Waals surface area contributed by atoms with Crippen molar-refractivity contribution in [3.8, 4) is 11.3 Å². The normalized spacial score (nSPS) is 11.0. The maximum absolute atomic E-state index is 12.2. The van der Waals surface area contributed by atoms with Crippen LogP contribution in [-0.4, -0.2) is 10.9 Å². The number of hydrogen-bond donors (Lipinski definition) is 1. The monoisotopic (exact) mass is 430 g/mol. The van der Waals surface area contributed by atoms with Crippen LogP contribution in [0.2, 0.25) is 5.02 Å². The van der Waals surface area contributed by atoms with E-state index < -0.39 is 0 Å². The maximum atomic E-state index is 12.2. The zero-order valence-corrected chi connectivity index (χ0v) is 17.7. The van der Waals surface area contributed by atoms with E-state index >= 15 is 0 Å². The molecule has 3 nitrogen and oxygen atoms in total. The first-order valence-corrected chi connectivity index (χ1v) is 10.8. The SMILES string of the molecule is O=C(/C=C/c1ccccc1Cl)Nc1nc(-c2ccc(Cc3ccccc3)cc2)cs1. The lowest BCUT2D eigenvalue weighted by Gasteiger charge is -2.03. The largest absolute Gasteiger partial charge is 0.298 e. The third-order valence-corrected chi connectivity index (χ3v) is 5.66. The van der Waals surface area contributed by atoms with Crippen LogP contribution in [0.15, 0.2) is 90.3 Å². The van der Waals surface area contributed by atoms with Crippen molar-refractivity contribution < 1.29 is 4.79 Å². The van der Waals surface area contributed by atoms with Gasteiger partial charge in [-0.3, -0.25) is 10.1 Å². The van der Waals surface area contributed by atoms with Gasteiger partial charge in [-0.1, -0.05) is 84.4 Å². The Morgan fingerprint density at radius 2 is 1.63 bits per heavy atom. The lowest BCUT2D eigenvalue weighted by Crippen LogP contribution is -2.07. The van der Waals surface area contributed by atoms with E-state index in [1.54, 1.807) is 12.1 Å². The topological polar surface area (TPSA) is 42.0 Å². The van der Waals surface area contributed by atoms with Crippen molar-refractivity contribution in [2.24, 2.45) is 0 Å². The number of nitrogens with zero attached hydrogens (tertiary/aromatic N) is 1. The number of carbonyl (C=O) groups is 1. The van der Waals surface area contributed by atoms with E-state index in [9.17, 15) is 4.79 Å². The summed E-state index contributed by atoms with van der Waals surface area (Å²) in [7, 11) is 0. The van der Waals surface area contributed by atoms with Crippen molar-refractivity contribution in [3.63, 3.8) is 0 Å². The van der Waals surface area contributed by atoms with Crippen LogP contribution in [0.4, 0.5) is 5.13 Å². The van der Waals surface area contributed by atoms with Crippen LogP contribution < -0.4 is 5.32 Å². The molecule has 0 aliphatic heterocycles. The lowest BCUT2D eigenvalue weighted by atomic mass is 10.0. The Balaban J connectivity index is 1.39. The number of halogens is 1. The summed E-state index contributed by atoms with van der Waals surface area (Å²) in [6.45, 7) is 0. The number of nitrogens with one attached hydrogen (secondary N) is 1. The number of hydrogen-bond acceptors (Lipinski definition) is 3. The summed E-state index contributed by atoms with van der Waals surface area (Å²) in [5.41, 5.74) is 5.20. The summed E-state index contributed by atoms with van der Waals surface area (Å²) in [6, 6.07) is 26.1. The summed E-state index contributed by atoms with van der Waals surface area (Å²) in [6.07, 6.45) is 4.05. The Hall–Kier alpha value is -3.21. The van der Waals surface area contributed by atoms with Crippen LogP contribution in [0, 0.1) is 0 Å². The molecule has 0 saturated heterocycles. The molecule has 0 saturated carbocycles. The smallest absolute Gasteiger partial charge is 0.250 e. The molecule has 4 rings (SSSR count). The van der Waals surface area contributed by atoms with Crippen molar-refractivity contribution >= 4 is 40.1 Å². The van der Waals surface area contributed by atoms with Crippen molar-refractivity contribution in [2.45, 2.75) is 6.42 Å². The fourth-order valence-electron chi connectivity index (χ4n) is 3.01. The molecule has 0 unspecified atom stereocenters. The third-order valence-electron chi connectivity index (χ3n) is 4.55. The van der Waals surface area contributed by atoms with Gasteiger partial charge in [-0.15, -0.1) is 11.3 Å². The molecule has 1 N–H and O–H groups in total. The van der Waals surface area contributed by atoms with Gasteiger partial charge in [0.2, 0.25) is 5.91 Å². The van der Waals surface area contributed by atoms with E-state index in [0.29, 0.717) is 10.2 Å². The van der Waals surface area contributed by atoms with Gasteiger partial charge < -0.3 is 0 Å². The van der Waals surface area contributed by atoms with Crippen LogP contribution in [0.1, 0.15) is 16.7 Å². The number of thiazole rings is 1. The second-order valence-corrected chi connectivity index (χ2v) is 8.01. The first-order chi connectivity index (χ1) is 14.7. The van der Waals surface area contributed by atoms with Gasteiger partial charge in [-0.25, -0.2) is 4.98 Å². The summed E-state index contributed by atoms with van der Waals surface area (Å²) in [5.74, 6) is -0.242. The Bertz CT molecular complexity index is 1170. The molecule has 1 amide bonds. The minimum Gasteiger partial charge on any atom is -0.298 e. The number of carbonyl (C=O) groups excluding carboxylic acids is 1. The predicted molar refractivity (Wildman–Crippen MR) is 126 cm³/mol. The fraction of sp³-hybridized carbons (Fsp3) is 0.0400. The molecule has 1 aromatic heterocycles. The number of rotatable bonds is 6. The highest BCUT2D eigenvalue weighted by atomic mass is 35.5. The lowest BCUT2D eigenvalue weighted by molar-refractivity contribution is -0.111. The molecular formula is C25H19ClN2OS. The molecule has 148 valence electrons. The number of anilines is 1. The van der Waals surface area contributed by atoms with Gasteiger partial charge in [0.1, 0.15) is 0 Å². The average molecular weight is 431 g/mol. The fourth-order valence-corrected chi connectivity index (χ4v) is 3.93. The molecule has 0 aliphatic rings. The number of aromatic nitrogens is 1. The second-order valence-electron chi connectivity index (χ2n) is 6.74. The van der Waals surface area contributed by atoms with Crippen molar-refractivity contribution in [1.82, 2.24) is 4.98 Å². The average Bonchev–Trinajstić information content (AvgIpc) is 3.23. The molecule has 30 heavy (non-hydrogen) atoms. The highest BCUT2D eigenvalue weighted by Crippen LogP contribution is 2.26. The van der Waals surface area contributed by atoms with Crippen LogP contribution in [-0.2, 0) is 11.2 Å². The van der Waals surface area contributed by atoms with Gasteiger partial charge in [0, 0.05) is 22.0 Å². The number of benzene rings is 3. The van der Waals surface area contributed by atoms with Crippen LogP contribution >= 0.6 is 22.9 Å². The highest BCUT2D eigenvalue weighted by Gasteiger charge is 2.07. The molecule has 0 spiro atoms. The summed E-state index contributed by atoms with van der Waals surface area (Å²) < 4.78 is 0. The van der Waals surface area contributed by atoms with Crippen LogP contribution in [0.25, 0.3) is 17.3 Å². The van der Waals surface area contributed by atoms with Crippen molar-refractivity contribution in [3.05, 3.63) is 112 Å². The maximum Gasteiger partial charge on any atom is 0.250 e. The molecule has 0 aliphatic carbocycles. The molecule has 1 heterocycles. The Kier molecular flexibility index (Phi) is 6.38. The van der Waals surface area contributed by atoms with Crippen LogP contribution in [0.5, 0.6) is 0 Å². The predicted octanol–water partition coefficient (Wildman–Crippen LogP) is 6.71. The van der Waals surface area contributed by atoms with Crippen molar-refractivity contribution in [1.29, 1.82) is 0 Å². The van der Waals surface area contributed by atoms with E-state index in [0.717, 1.165) is 23.2 Å². The van der Waals surface area contributed by atoms with Gasteiger partial charge in [0.15, 0.2) is 5.13 Å². The second kappa shape index (κ2) is 9.53. The van der Waals surface area contributed by atoms with E-state index in [1.165, 1.54) is 28.5 Å². The van der Waals surface area contributed by atoms with E-state index in [-0.39, 0.29) is 5.91 Å². The standard InChI is InChI=1S/C25H19ClN2OS/c26-22-9-5-4-8-20(22)14-15-24(29)28-25-27-23(17-30-25)21-12-10-19(11-13-21)16-18-6-2-1-3-7-18/h1-15,17H,16H2,(H,27,28,29)/b15-14+. The molecule has 3 aromatic carbocycles. The van der Waals surface area contributed by atoms with Gasteiger partial charge in [0.05, 0.1) is 5.69 Å². The third kappa shape index (κ3) is 5.23. The number of amides is 1. The Labute approximate surface area is 184 Å². The Morgan fingerprint density at radius 3 is 2.40 bits per heavy atom. The summed E-state index contributed by atoms with van der Waals surface area (Å²) in [4.78, 5) is 16.7. The Morgan fingerprint density at radius 1 is 0.933 bits per heavy atom. The zero-order valence-electron chi connectivity index (χ0n) is 16.1. The molecule has 0 bridgehead atoms. The summed E-state index contributed by atoms with van der Waals surface area (Å²) in [5, 5.41) is 5.92.